The van der Waals surface area contributed by atoms with Crippen LogP contribution in [-0.4, -0.2) is 56.9 Å². The van der Waals surface area contributed by atoms with Gasteiger partial charge in [-0.1, -0.05) is 6.07 Å². The molecule has 142 valence electrons. The number of esters is 1. The number of urea groups is 1. The molecule has 1 aromatic rings. The molecular formula is C16H21N3O6S. The summed E-state index contributed by atoms with van der Waals surface area (Å²) in [5, 5.41) is 4.19. The molecule has 1 heterocycles. The average Bonchev–Trinajstić information content (AvgIpc) is 3.17. The van der Waals surface area contributed by atoms with Gasteiger partial charge < -0.3 is 10.1 Å². The second-order valence-corrected chi connectivity index (χ2v) is 7.69. The van der Waals surface area contributed by atoms with Crippen molar-refractivity contribution in [2.24, 2.45) is 0 Å². The molecular weight excluding hydrogens is 362 g/mol. The molecule has 26 heavy (non-hydrogen) atoms. The van der Waals surface area contributed by atoms with E-state index in [0.29, 0.717) is 13.1 Å². The highest BCUT2D eigenvalue weighted by atomic mass is 32.2. The summed E-state index contributed by atoms with van der Waals surface area (Å²) in [6, 6.07) is 4.74. The molecule has 0 aromatic heterocycles. The fourth-order valence-corrected chi connectivity index (χ4v) is 3.98. The van der Waals surface area contributed by atoms with Crippen LogP contribution in [0.1, 0.15) is 30.1 Å². The quantitative estimate of drug-likeness (QED) is 0.713. The van der Waals surface area contributed by atoms with E-state index in [1.165, 1.54) is 42.5 Å². The highest BCUT2D eigenvalue weighted by Crippen LogP contribution is 2.22. The van der Waals surface area contributed by atoms with Crippen LogP contribution in [0.15, 0.2) is 29.2 Å². The summed E-state index contributed by atoms with van der Waals surface area (Å²) >= 11 is 0. The van der Waals surface area contributed by atoms with Crippen molar-refractivity contribution in [3.05, 3.63) is 29.8 Å². The third-order valence-electron chi connectivity index (χ3n) is 3.89. The maximum Gasteiger partial charge on any atom is 0.338 e. The first kappa shape index (κ1) is 19.9. The van der Waals surface area contributed by atoms with Gasteiger partial charge in [-0.25, -0.2) is 18.0 Å². The van der Waals surface area contributed by atoms with Crippen molar-refractivity contribution in [2.75, 3.05) is 20.1 Å². The summed E-state index contributed by atoms with van der Waals surface area (Å²) in [7, 11) is -2.33. The molecule has 1 fully saturated rings. The molecule has 9 nitrogen and oxygen atoms in total. The number of nitrogens with one attached hydrogen (secondary N) is 2. The Bertz CT molecular complexity index is 802. The van der Waals surface area contributed by atoms with Crippen molar-refractivity contribution in [3.8, 4) is 0 Å². The van der Waals surface area contributed by atoms with Crippen LogP contribution in [0.5, 0.6) is 0 Å². The summed E-state index contributed by atoms with van der Waals surface area (Å²) in [6.07, 6.45) is 0.386. The summed E-state index contributed by atoms with van der Waals surface area (Å²) < 4.78 is 31.5. The molecule has 2 N–H and O–H groups in total. The predicted molar refractivity (Wildman–Crippen MR) is 91.9 cm³/mol. The van der Waals surface area contributed by atoms with E-state index in [2.05, 4.69) is 5.32 Å². The van der Waals surface area contributed by atoms with Gasteiger partial charge in [0.1, 0.15) is 0 Å². The lowest BCUT2D eigenvalue weighted by Crippen LogP contribution is -2.43. The van der Waals surface area contributed by atoms with Gasteiger partial charge in [0.25, 0.3) is 5.91 Å². The van der Waals surface area contributed by atoms with E-state index in [-0.39, 0.29) is 10.5 Å². The minimum absolute atomic E-state index is 0.00341. The summed E-state index contributed by atoms with van der Waals surface area (Å²) in [4.78, 5) is 35.0. The fourth-order valence-electron chi connectivity index (χ4n) is 2.42. The second kappa shape index (κ2) is 8.28. The number of rotatable bonds is 5. The number of amides is 3. The summed E-state index contributed by atoms with van der Waals surface area (Å²) in [5.74, 6) is -1.65. The van der Waals surface area contributed by atoms with Crippen LogP contribution in [0.2, 0.25) is 0 Å². The molecule has 0 bridgehead atoms. The molecule has 3 amide bonds. The Labute approximate surface area is 151 Å². The monoisotopic (exact) mass is 383 g/mol. The van der Waals surface area contributed by atoms with E-state index in [0.717, 1.165) is 12.8 Å². The molecule has 0 aliphatic carbocycles. The van der Waals surface area contributed by atoms with E-state index in [1.54, 1.807) is 0 Å². The number of imide groups is 1. The first-order valence-electron chi connectivity index (χ1n) is 8.09. The third-order valence-corrected chi connectivity index (χ3v) is 5.78. The standard InChI is InChI=1S/C16H21N3O6S/c1-11(14(20)18-16(22)17-2)25-15(21)12-6-5-7-13(10-12)26(23,24)19-8-3-4-9-19/h5-7,10-11H,3-4,8-9H2,1-2H3,(H2,17,18,20,22)/t11-/m0/s1. The lowest BCUT2D eigenvalue weighted by molar-refractivity contribution is -0.127. The summed E-state index contributed by atoms with van der Waals surface area (Å²) in [5.41, 5.74) is 0.00450. The van der Waals surface area contributed by atoms with Gasteiger partial charge in [-0.15, -0.1) is 0 Å². The lowest BCUT2D eigenvalue weighted by Gasteiger charge is -2.16. The SMILES string of the molecule is CNC(=O)NC(=O)[C@H](C)OC(=O)c1cccc(S(=O)(=O)N2CCCC2)c1. The van der Waals surface area contributed by atoms with Crippen molar-refractivity contribution in [1.29, 1.82) is 0 Å². The molecule has 1 aromatic carbocycles. The number of nitrogens with zero attached hydrogens (tertiary/aromatic N) is 1. The third kappa shape index (κ3) is 4.58. The van der Waals surface area contributed by atoms with Crippen LogP contribution in [0.4, 0.5) is 4.79 Å². The molecule has 1 aliphatic rings. The number of sulfonamides is 1. The minimum atomic E-state index is -3.67. The van der Waals surface area contributed by atoms with Crippen LogP contribution in [0.25, 0.3) is 0 Å². The molecule has 1 saturated heterocycles. The Morgan fingerprint density at radius 2 is 1.85 bits per heavy atom. The Kier molecular flexibility index (Phi) is 6.32. The zero-order valence-electron chi connectivity index (χ0n) is 14.5. The smallest absolute Gasteiger partial charge is 0.338 e. The van der Waals surface area contributed by atoms with Gasteiger partial charge in [0.15, 0.2) is 6.10 Å². The van der Waals surface area contributed by atoms with Gasteiger partial charge in [-0.2, -0.15) is 4.31 Å². The number of hydrogen-bond acceptors (Lipinski definition) is 6. The number of carbonyl (C=O) groups is 3. The highest BCUT2D eigenvalue weighted by molar-refractivity contribution is 7.89. The van der Waals surface area contributed by atoms with Crippen LogP contribution in [-0.2, 0) is 19.6 Å². The van der Waals surface area contributed by atoms with E-state index in [9.17, 15) is 22.8 Å². The fraction of sp³-hybridized carbons (Fsp3) is 0.438. The van der Waals surface area contributed by atoms with E-state index in [1.807, 2.05) is 5.32 Å². The first-order valence-corrected chi connectivity index (χ1v) is 9.53. The Morgan fingerprint density at radius 1 is 1.19 bits per heavy atom. The largest absolute Gasteiger partial charge is 0.449 e. The van der Waals surface area contributed by atoms with Crippen molar-refractivity contribution in [1.82, 2.24) is 14.9 Å². The van der Waals surface area contributed by atoms with Crippen molar-refractivity contribution < 1.29 is 27.5 Å². The topological polar surface area (TPSA) is 122 Å². The average molecular weight is 383 g/mol. The van der Waals surface area contributed by atoms with Crippen LogP contribution < -0.4 is 10.6 Å². The van der Waals surface area contributed by atoms with Crippen molar-refractivity contribution in [2.45, 2.75) is 30.8 Å². The van der Waals surface area contributed by atoms with Crippen LogP contribution in [0.3, 0.4) is 0 Å². The number of carbonyl (C=O) groups excluding carboxylic acids is 3. The van der Waals surface area contributed by atoms with Gasteiger partial charge in [-0.05, 0) is 38.0 Å². The lowest BCUT2D eigenvalue weighted by atomic mass is 10.2. The zero-order valence-corrected chi connectivity index (χ0v) is 15.3. The number of ether oxygens (including phenoxy) is 1. The van der Waals surface area contributed by atoms with Gasteiger partial charge in [0.2, 0.25) is 10.0 Å². The van der Waals surface area contributed by atoms with E-state index in [4.69, 9.17) is 4.74 Å². The number of benzene rings is 1. The summed E-state index contributed by atoms with van der Waals surface area (Å²) in [6.45, 7) is 2.21. The predicted octanol–water partition coefficient (Wildman–Crippen LogP) is 0.472. The van der Waals surface area contributed by atoms with Gasteiger partial charge in [-0.3, -0.25) is 10.1 Å². The molecule has 2 rings (SSSR count). The molecule has 1 atom stereocenters. The van der Waals surface area contributed by atoms with Crippen LogP contribution in [0, 0.1) is 0 Å². The molecule has 0 spiro atoms. The molecule has 0 saturated carbocycles. The molecule has 10 heteroatoms. The first-order chi connectivity index (χ1) is 12.3. The van der Waals surface area contributed by atoms with Crippen molar-refractivity contribution >= 4 is 27.9 Å². The highest BCUT2D eigenvalue weighted by Gasteiger charge is 2.28. The number of hydrogen-bond donors (Lipinski definition) is 2. The van der Waals surface area contributed by atoms with Gasteiger partial charge >= 0.3 is 12.0 Å². The Morgan fingerprint density at radius 3 is 2.46 bits per heavy atom. The van der Waals surface area contributed by atoms with Crippen molar-refractivity contribution in [3.63, 3.8) is 0 Å². The van der Waals surface area contributed by atoms with Gasteiger partial charge in [0.05, 0.1) is 10.5 Å². The zero-order chi connectivity index (χ0) is 19.3. The maximum absolute atomic E-state index is 12.6. The molecule has 1 aliphatic heterocycles. The normalized spacial score (nSPS) is 15.9. The molecule has 0 unspecified atom stereocenters. The second-order valence-electron chi connectivity index (χ2n) is 5.75. The Hall–Kier alpha value is -2.46. The van der Waals surface area contributed by atoms with E-state index >= 15 is 0 Å². The van der Waals surface area contributed by atoms with E-state index < -0.39 is 34.0 Å². The maximum atomic E-state index is 12.6. The Balaban J connectivity index is 2.10. The van der Waals surface area contributed by atoms with Crippen LogP contribution >= 0.6 is 0 Å². The minimum Gasteiger partial charge on any atom is -0.449 e. The van der Waals surface area contributed by atoms with Gasteiger partial charge in [0, 0.05) is 20.1 Å². The molecule has 0 radical (unpaired) electrons.